The Kier molecular flexibility index (Phi) is 3.64. The summed E-state index contributed by atoms with van der Waals surface area (Å²) in [6, 6.07) is 6.81. The second-order valence-electron chi connectivity index (χ2n) is 3.82. The first-order valence-corrected chi connectivity index (χ1v) is 5.69. The van der Waals surface area contributed by atoms with E-state index < -0.39 is 5.91 Å². The van der Waals surface area contributed by atoms with Crippen molar-refractivity contribution >= 4 is 17.5 Å². The van der Waals surface area contributed by atoms with E-state index in [2.05, 4.69) is 4.98 Å². The van der Waals surface area contributed by atoms with Crippen LogP contribution in [0.25, 0.3) is 0 Å². The molecule has 0 radical (unpaired) electrons. The zero-order valence-electron chi connectivity index (χ0n) is 9.45. The second kappa shape index (κ2) is 5.20. The number of aliphatic hydroxyl groups is 1. The molecule has 0 bridgehead atoms. The maximum absolute atomic E-state index is 11.0. The molecule has 0 aliphatic rings. The normalized spacial score (nSPS) is 12.3. The van der Waals surface area contributed by atoms with Crippen LogP contribution in [-0.4, -0.2) is 27.2 Å². The molecular formula is C12H12ClN3O2. The maximum Gasteiger partial charge on any atom is 0.268 e. The Bertz CT molecular complexity index is 568. The molecule has 1 aromatic carbocycles. The van der Waals surface area contributed by atoms with Gasteiger partial charge in [0, 0.05) is 11.2 Å². The number of hydrogen-bond acceptors (Lipinski definition) is 3. The molecule has 6 heteroatoms. The van der Waals surface area contributed by atoms with Crippen LogP contribution >= 0.6 is 11.6 Å². The Morgan fingerprint density at radius 1 is 1.56 bits per heavy atom. The van der Waals surface area contributed by atoms with Gasteiger partial charge < -0.3 is 15.4 Å². The Balaban J connectivity index is 2.35. The number of imidazole rings is 1. The van der Waals surface area contributed by atoms with E-state index in [-0.39, 0.29) is 18.3 Å². The number of hydrogen-bond donors (Lipinski definition) is 2. The average Bonchev–Trinajstić information content (AvgIpc) is 2.80. The first-order chi connectivity index (χ1) is 8.61. The molecule has 0 fully saturated rings. The third-order valence-electron chi connectivity index (χ3n) is 2.62. The number of primary amides is 1. The van der Waals surface area contributed by atoms with Gasteiger partial charge in [-0.2, -0.15) is 0 Å². The van der Waals surface area contributed by atoms with Gasteiger partial charge in [-0.1, -0.05) is 23.7 Å². The second-order valence-corrected chi connectivity index (χ2v) is 4.26. The van der Waals surface area contributed by atoms with Crippen LogP contribution in [0.5, 0.6) is 0 Å². The highest BCUT2D eigenvalue weighted by Crippen LogP contribution is 2.21. The molecule has 0 saturated heterocycles. The van der Waals surface area contributed by atoms with Crippen molar-refractivity contribution in [3.05, 3.63) is 53.1 Å². The highest BCUT2D eigenvalue weighted by atomic mass is 35.5. The number of carbonyl (C=O) groups excluding carboxylic acids is 1. The molecule has 2 aromatic rings. The first-order valence-electron chi connectivity index (χ1n) is 5.31. The van der Waals surface area contributed by atoms with Gasteiger partial charge in [0.15, 0.2) is 0 Å². The quantitative estimate of drug-likeness (QED) is 0.872. The molecule has 94 valence electrons. The van der Waals surface area contributed by atoms with Gasteiger partial charge in [-0.15, -0.1) is 0 Å². The van der Waals surface area contributed by atoms with E-state index in [1.807, 2.05) is 6.07 Å². The molecule has 0 aliphatic carbocycles. The van der Waals surface area contributed by atoms with Crippen molar-refractivity contribution in [2.75, 3.05) is 6.61 Å². The average molecular weight is 266 g/mol. The number of rotatable bonds is 4. The minimum atomic E-state index is -0.600. The molecule has 1 atom stereocenters. The molecule has 0 aliphatic heterocycles. The van der Waals surface area contributed by atoms with E-state index in [1.165, 1.54) is 12.5 Å². The van der Waals surface area contributed by atoms with Crippen LogP contribution in [-0.2, 0) is 0 Å². The van der Waals surface area contributed by atoms with E-state index in [0.29, 0.717) is 5.02 Å². The lowest BCUT2D eigenvalue weighted by Gasteiger charge is -2.16. The number of nitrogens with zero attached hydrogens (tertiary/aromatic N) is 2. The first kappa shape index (κ1) is 12.6. The fraction of sp³-hybridized carbons (Fsp3) is 0.167. The van der Waals surface area contributed by atoms with E-state index >= 15 is 0 Å². The van der Waals surface area contributed by atoms with Crippen molar-refractivity contribution in [3.8, 4) is 0 Å². The highest BCUT2D eigenvalue weighted by molar-refractivity contribution is 6.30. The van der Waals surface area contributed by atoms with Crippen molar-refractivity contribution in [2.24, 2.45) is 5.73 Å². The van der Waals surface area contributed by atoms with Crippen molar-refractivity contribution in [1.82, 2.24) is 9.55 Å². The molecule has 1 unspecified atom stereocenters. The number of aliphatic hydroxyl groups excluding tert-OH is 1. The monoisotopic (exact) mass is 265 g/mol. The molecule has 1 amide bonds. The summed E-state index contributed by atoms with van der Waals surface area (Å²) < 4.78 is 1.63. The topological polar surface area (TPSA) is 81.1 Å². The van der Waals surface area contributed by atoms with Crippen molar-refractivity contribution < 1.29 is 9.90 Å². The van der Waals surface area contributed by atoms with Gasteiger partial charge in [0.25, 0.3) is 5.91 Å². The molecular weight excluding hydrogens is 254 g/mol. The Morgan fingerprint density at radius 2 is 2.33 bits per heavy atom. The number of amides is 1. The van der Waals surface area contributed by atoms with E-state index in [9.17, 15) is 9.90 Å². The van der Waals surface area contributed by atoms with Gasteiger partial charge in [0.2, 0.25) is 0 Å². The lowest BCUT2D eigenvalue weighted by atomic mass is 10.1. The van der Waals surface area contributed by atoms with Crippen LogP contribution < -0.4 is 5.73 Å². The summed E-state index contributed by atoms with van der Waals surface area (Å²) in [5, 5.41) is 10.0. The third-order valence-corrected chi connectivity index (χ3v) is 2.86. The molecule has 2 rings (SSSR count). The summed E-state index contributed by atoms with van der Waals surface area (Å²) in [5.74, 6) is -0.600. The van der Waals surface area contributed by atoms with Gasteiger partial charge >= 0.3 is 0 Å². The predicted octanol–water partition coefficient (Wildman–Crippen LogP) is 1.22. The van der Waals surface area contributed by atoms with Gasteiger partial charge in [-0.05, 0) is 17.7 Å². The third kappa shape index (κ3) is 2.52. The Hall–Kier alpha value is -1.85. The summed E-state index contributed by atoms with van der Waals surface area (Å²) in [7, 11) is 0. The Labute approximate surface area is 109 Å². The minimum absolute atomic E-state index is 0.130. The van der Waals surface area contributed by atoms with Gasteiger partial charge in [0.1, 0.15) is 5.69 Å². The number of nitrogens with two attached hydrogens (primary N) is 1. The fourth-order valence-electron chi connectivity index (χ4n) is 1.72. The molecule has 0 saturated carbocycles. The maximum atomic E-state index is 11.0. The molecule has 1 aromatic heterocycles. The zero-order valence-corrected chi connectivity index (χ0v) is 10.2. The van der Waals surface area contributed by atoms with Gasteiger partial charge in [-0.25, -0.2) is 4.98 Å². The minimum Gasteiger partial charge on any atom is -0.394 e. The van der Waals surface area contributed by atoms with Crippen molar-refractivity contribution in [3.63, 3.8) is 0 Å². The van der Waals surface area contributed by atoms with Crippen LogP contribution in [0.3, 0.4) is 0 Å². The smallest absolute Gasteiger partial charge is 0.268 e. The fourth-order valence-corrected chi connectivity index (χ4v) is 1.92. The SMILES string of the molecule is NC(=O)c1cn(C(CO)c2cccc(Cl)c2)cn1. The van der Waals surface area contributed by atoms with Gasteiger partial charge in [0.05, 0.1) is 19.0 Å². The molecule has 5 nitrogen and oxygen atoms in total. The standard InChI is InChI=1S/C12H12ClN3O2/c13-9-3-1-2-8(4-9)11(6-17)16-5-10(12(14)18)15-7-16/h1-5,7,11,17H,6H2,(H2,14,18). The van der Waals surface area contributed by atoms with Crippen LogP contribution in [0.1, 0.15) is 22.1 Å². The van der Waals surface area contributed by atoms with Crippen molar-refractivity contribution in [2.45, 2.75) is 6.04 Å². The summed E-state index contributed by atoms with van der Waals surface area (Å²) in [4.78, 5) is 14.9. The molecule has 1 heterocycles. The van der Waals surface area contributed by atoms with Gasteiger partial charge in [-0.3, -0.25) is 4.79 Å². The summed E-state index contributed by atoms with van der Waals surface area (Å²) >= 11 is 5.91. The van der Waals surface area contributed by atoms with Crippen LogP contribution in [0.2, 0.25) is 5.02 Å². The number of carbonyl (C=O) groups is 1. The van der Waals surface area contributed by atoms with Crippen LogP contribution in [0.15, 0.2) is 36.8 Å². The van der Waals surface area contributed by atoms with E-state index in [0.717, 1.165) is 5.56 Å². The lowest BCUT2D eigenvalue weighted by Crippen LogP contribution is -2.14. The summed E-state index contributed by atoms with van der Waals surface area (Å²) in [6.45, 7) is -0.130. The molecule has 18 heavy (non-hydrogen) atoms. The summed E-state index contributed by atoms with van der Waals surface area (Å²) in [6.07, 6.45) is 2.96. The van der Waals surface area contributed by atoms with Crippen molar-refractivity contribution in [1.29, 1.82) is 0 Å². The molecule has 0 spiro atoms. The lowest BCUT2D eigenvalue weighted by molar-refractivity contribution is 0.0996. The Morgan fingerprint density at radius 3 is 2.89 bits per heavy atom. The molecule has 3 N–H and O–H groups in total. The zero-order chi connectivity index (χ0) is 13.1. The number of aromatic nitrogens is 2. The summed E-state index contributed by atoms with van der Waals surface area (Å²) in [5.41, 5.74) is 6.13. The largest absolute Gasteiger partial charge is 0.394 e. The predicted molar refractivity (Wildman–Crippen MR) is 67.4 cm³/mol. The number of benzene rings is 1. The highest BCUT2D eigenvalue weighted by Gasteiger charge is 2.15. The van der Waals surface area contributed by atoms with Crippen LogP contribution in [0, 0.1) is 0 Å². The number of halogens is 1. The van der Waals surface area contributed by atoms with Crippen LogP contribution in [0.4, 0.5) is 0 Å². The van der Waals surface area contributed by atoms with E-state index in [4.69, 9.17) is 17.3 Å². The van der Waals surface area contributed by atoms with E-state index in [1.54, 1.807) is 22.8 Å².